The Bertz CT molecular complexity index is 1200. The van der Waals surface area contributed by atoms with Gasteiger partial charge in [-0.1, -0.05) is 42.5 Å². The van der Waals surface area contributed by atoms with Crippen molar-refractivity contribution in [2.45, 2.75) is 38.4 Å². The molecule has 1 heterocycles. The lowest BCUT2D eigenvalue weighted by Crippen LogP contribution is -2.37. The van der Waals surface area contributed by atoms with E-state index in [9.17, 15) is 9.90 Å². The molecule has 0 aliphatic rings. The maximum absolute atomic E-state index is 11.2. The molecule has 0 bridgehead atoms. The number of rotatable bonds is 12. The molecule has 0 spiro atoms. The number of aliphatic carboxylic acids is 1. The van der Waals surface area contributed by atoms with Crippen LogP contribution in [0.25, 0.3) is 11.1 Å². The molecule has 0 aliphatic carbocycles. The van der Waals surface area contributed by atoms with E-state index in [1.807, 2.05) is 78.9 Å². The summed E-state index contributed by atoms with van der Waals surface area (Å²) in [6, 6.07) is 24.9. The minimum Gasteiger partial charge on any atom is -0.479 e. The average molecular weight is 475 g/mol. The first-order valence-corrected chi connectivity index (χ1v) is 11.7. The number of hydrogen-bond acceptors (Lipinski definition) is 6. The van der Waals surface area contributed by atoms with Crippen LogP contribution in [-0.2, 0) is 11.2 Å². The molecule has 4 rings (SSSR count). The smallest absolute Gasteiger partial charge is 0.347 e. The summed E-state index contributed by atoms with van der Waals surface area (Å²) in [5.74, 6) is 0.843. The van der Waals surface area contributed by atoms with Gasteiger partial charge in [-0.05, 0) is 75.2 Å². The van der Waals surface area contributed by atoms with Crippen molar-refractivity contribution in [3.05, 3.63) is 90.3 Å². The second-order valence-corrected chi connectivity index (χ2v) is 8.81. The third-order valence-corrected chi connectivity index (χ3v) is 5.57. The van der Waals surface area contributed by atoms with Crippen molar-refractivity contribution in [1.29, 1.82) is 0 Å². The van der Waals surface area contributed by atoms with Crippen molar-refractivity contribution in [3.8, 4) is 11.5 Å². The molecule has 3 aromatic carbocycles. The molecule has 0 aliphatic heterocycles. The van der Waals surface area contributed by atoms with E-state index >= 15 is 0 Å². The number of carboxylic acid groups (broad SMARTS) is 1. The SMILES string of the molecule is CC(C)(Oc1ccc(CCCNCC(Oc2ccccc2)c2nc3ccccc3o2)cc1)C(=O)O. The molecule has 1 unspecified atom stereocenters. The first kappa shape index (κ1) is 24.3. The lowest BCUT2D eigenvalue weighted by Gasteiger charge is -2.21. The number of carboxylic acids is 1. The number of nitrogens with zero attached hydrogens (tertiary/aromatic N) is 1. The molecule has 0 saturated heterocycles. The summed E-state index contributed by atoms with van der Waals surface area (Å²) in [6.07, 6.45) is 1.44. The Kier molecular flexibility index (Phi) is 7.67. The first-order chi connectivity index (χ1) is 16.9. The Hall–Kier alpha value is -3.84. The third-order valence-electron chi connectivity index (χ3n) is 5.57. The van der Waals surface area contributed by atoms with Gasteiger partial charge >= 0.3 is 5.97 Å². The Labute approximate surface area is 204 Å². The van der Waals surface area contributed by atoms with Crippen LogP contribution in [0.2, 0.25) is 0 Å². The number of aromatic nitrogens is 1. The average Bonchev–Trinajstić information content (AvgIpc) is 3.29. The molecule has 7 heteroatoms. The Morgan fingerprint density at radius 3 is 2.43 bits per heavy atom. The van der Waals surface area contributed by atoms with Crippen LogP contribution < -0.4 is 14.8 Å². The highest BCUT2D eigenvalue weighted by Crippen LogP contribution is 2.25. The zero-order valence-electron chi connectivity index (χ0n) is 19.9. The van der Waals surface area contributed by atoms with E-state index in [0.29, 0.717) is 18.2 Å². The van der Waals surface area contributed by atoms with Crippen LogP contribution in [0, 0.1) is 0 Å². The van der Waals surface area contributed by atoms with Crippen LogP contribution in [-0.4, -0.2) is 34.8 Å². The standard InChI is InChI=1S/C28H30N2O5/c1-28(2,27(31)32)35-22-16-14-20(15-17-22)9-8-18-29-19-25(33-21-10-4-3-5-11-21)26-30-23-12-6-7-13-24(23)34-26/h3-7,10-17,25,29H,8-9,18-19H2,1-2H3,(H,31,32). The first-order valence-electron chi connectivity index (χ1n) is 11.7. The van der Waals surface area contributed by atoms with E-state index in [4.69, 9.17) is 13.9 Å². The van der Waals surface area contributed by atoms with Gasteiger partial charge in [-0.25, -0.2) is 9.78 Å². The van der Waals surface area contributed by atoms with Gasteiger partial charge in [0.25, 0.3) is 0 Å². The van der Waals surface area contributed by atoms with E-state index in [1.54, 1.807) is 0 Å². The third kappa shape index (κ3) is 6.61. The number of hydrogen-bond donors (Lipinski definition) is 2. The molecule has 35 heavy (non-hydrogen) atoms. The van der Waals surface area contributed by atoms with Crippen LogP contribution in [0.1, 0.15) is 37.8 Å². The zero-order chi connectivity index (χ0) is 24.7. The van der Waals surface area contributed by atoms with Crippen molar-refractivity contribution in [2.75, 3.05) is 13.1 Å². The van der Waals surface area contributed by atoms with Crippen molar-refractivity contribution >= 4 is 17.1 Å². The van der Waals surface area contributed by atoms with Crippen LogP contribution in [0.4, 0.5) is 0 Å². The molecule has 182 valence electrons. The van der Waals surface area contributed by atoms with Gasteiger partial charge in [0, 0.05) is 6.54 Å². The molecule has 1 atom stereocenters. The number of para-hydroxylation sites is 3. The maximum Gasteiger partial charge on any atom is 0.347 e. The maximum atomic E-state index is 11.2. The van der Waals surface area contributed by atoms with Crippen LogP contribution >= 0.6 is 0 Å². The fourth-order valence-corrected chi connectivity index (χ4v) is 3.58. The van der Waals surface area contributed by atoms with Crippen molar-refractivity contribution < 1.29 is 23.8 Å². The van der Waals surface area contributed by atoms with Gasteiger partial charge in [-0.3, -0.25) is 0 Å². The zero-order valence-corrected chi connectivity index (χ0v) is 19.9. The summed E-state index contributed by atoms with van der Waals surface area (Å²) in [5, 5.41) is 12.7. The summed E-state index contributed by atoms with van der Waals surface area (Å²) < 4.78 is 17.7. The van der Waals surface area contributed by atoms with Crippen molar-refractivity contribution in [2.24, 2.45) is 0 Å². The van der Waals surface area contributed by atoms with Gasteiger partial charge in [-0.15, -0.1) is 0 Å². The highest BCUT2D eigenvalue weighted by Gasteiger charge is 2.29. The fourth-order valence-electron chi connectivity index (χ4n) is 3.58. The summed E-state index contributed by atoms with van der Waals surface area (Å²) in [5.41, 5.74) is 1.44. The van der Waals surface area contributed by atoms with Gasteiger partial charge in [0.2, 0.25) is 5.89 Å². The molecule has 2 N–H and O–H groups in total. The van der Waals surface area contributed by atoms with Crippen LogP contribution in [0.3, 0.4) is 0 Å². The second-order valence-electron chi connectivity index (χ2n) is 8.81. The highest BCUT2D eigenvalue weighted by atomic mass is 16.5. The summed E-state index contributed by atoms with van der Waals surface area (Å²) in [7, 11) is 0. The fraction of sp³-hybridized carbons (Fsp3) is 0.286. The van der Waals surface area contributed by atoms with Gasteiger partial charge < -0.3 is 24.3 Å². The van der Waals surface area contributed by atoms with E-state index in [0.717, 1.165) is 41.8 Å². The topological polar surface area (TPSA) is 93.8 Å². The largest absolute Gasteiger partial charge is 0.479 e. The molecule has 0 fully saturated rings. The van der Waals surface area contributed by atoms with Gasteiger partial charge in [0.1, 0.15) is 17.0 Å². The minimum absolute atomic E-state index is 0.362. The molecule has 0 amide bonds. The monoisotopic (exact) mass is 474 g/mol. The second kappa shape index (κ2) is 11.1. The number of fused-ring (bicyclic) bond motifs is 1. The predicted molar refractivity (Wildman–Crippen MR) is 134 cm³/mol. The number of benzene rings is 3. The summed E-state index contributed by atoms with van der Waals surface area (Å²) >= 11 is 0. The van der Waals surface area contributed by atoms with E-state index < -0.39 is 11.6 Å². The molecular weight excluding hydrogens is 444 g/mol. The van der Waals surface area contributed by atoms with Gasteiger partial charge in [0.15, 0.2) is 17.3 Å². The molecule has 1 aromatic heterocycles. The minimum atomic E-state index is -1.27. The van der Waals surface area contributed by atoms with E-state index in [1.165, 1.54) is 13.8 Å². The number of nitrogens with one attached hydrogen (secondary N) is 1. The molecule has 0 radical (unpaired) electrons. The number of oxazole rings is 1. The quantitative estimate of drug-likeness (QED) is 0.265. The molecule has 4 aromatic rings. The van der Waals surface area contributed by atoms with Crippen molar-refractivity contribution in [3.63, 3.8) is 0 Å². The Balaban J connectivity index is 1.30. The van der Waals surface area contributed by atoms with E-state index in [2.05, 4.69) is 10.3 Å². The molecule has 7 nitrogen and oxygen atoms in total. The number of aryl methyl sites for hydroxylation is 1. The predicted octanol–water partition coefficient (Wildman–Crippen LogP) is 5.41. The van der Waals surface area contributed by atoms with E-state index in [-0.39, 0.29) is 6.10 Å². The highest BCUT2D eigenvalue weighted by molar-refractivity contribution is 5.76. The lowest BCUT2D eigenvalue weighted by molar-refractivity contribution is -0.152. The summed E-state index contributed by atoms with van der Waals surface area (Å²) in [6.45, 7) is 4.41. The normalized spacial score (nSPS) is 12.4. The van der Waals surface area contributed by atoms with Crippen molar-refractivity contribution in [1.82, 2.24) is 10.3 Å². The Morgan fingerprint density at radius 2 is 1.71 bits per heavy atom. The van der Waals surface area contributed by atoms with Gasteiger partial charge in [-0.2, -0.15) is 0 Å². The van der Waals surface area contributed by atoms with Crippen LogP contribution in [0.5, 0.6) is 11.5 Å². The van der Waals surface area contributed by atoms with Gasteiger partial charge in [0.05, 0.1) is 0 Å². The Morgan fingerprint density at radius 1 is 1.00 bits per heavy atom. The number of carbonyl (C=O) groups is 1. The molecule has 0 saturated carbocycles. The summed E-state index contributed by atoms with van der Waals surface area (Å²) in [4.78, 5) is 15.9. The number of ether oxygens (including phenoxy) is 2. The molecular formula is C28H30N2O5. The lowest BCUT2D eigenvalue weighted by atomic mass is 10.1. The van der Waals surface area contributed by atoms with Crippen LogP contribution in [0.15, 0.2) is 83.3 Å².